The Bertz CT molecular complexity index is 1390. The molecule has 1 N–H and O–H groups in total. The maximum absolute atomic E-state index is 14.1. The van der Waals surface area contributed by atoms with Crippen LogP contribution in [-0.4, -0.2) is 38.9 Å². The number of nitrogens with zero attached hydrogens (tertiary/aromatic N) is 3. The van der Waals surface area contributed by atoms with Crippen LogP contribution in [-0.2, 0) is 9.59 Å². The molecule has 6 heteroatoms. The first kappa shape index (κ1) is 26.5. The Morgan fingerprint density at radius 2 is 1.49 bits per heavy atom. The van der Waals surface area contributed by atoms with Gasteiger partial charge >= 0.3 is 0 Å². The lowest BCUT2D eigenvalue weighted by Crippen LogP contribution is -2.37. The average Bonchev–Trinajstić information content (AvgIpc) is 3.09. The van der Waals surface area contributed by atoms with Crippen molar-refractivity contribution in [2.45, 2.75) is 45.6 Å². The number of Topliss-reactive ketones (excluding diaryl/α,β-unsaturated/α-hetero) is 1. The molecule has 0 aromatic heterocycles. The number of fused-ring (bicyclic) bond motifs is 1. The van der Waals surface area contributed by atoms with Crippen molar-refractivity contribution >= 4 is 34.4 Å². The van der Waals surface area contributed by atoms with Crippen LogP contribution in [0.25, 0.3) is 0 Å². The van der Waals surface area contributed by atoms with E-state index in [2.05, 4.69) is 77.5 Å². The van der Waals surface area contributed by atoms with Gasteiger partial charge in [-0.2, -0.15) is 0 Å². The number of hydrogen-bond donors (Lipinski definition) is 1. The van der Waals surface area contributed by atoms with Gasteiger partial charge in [0.05, 0.1) is 17.4 Å². The minimum Gasteiger partial charge on any atom is -0.378 e. The van der Waals surface area contributed by atoms with Crippen molar-refractivity contribution in [3.8, 4) is 0 Å². The molecule has 0 radical (unpaired) electrons. The summed E-state index contributed by atoms with van der Waals surface area (Å²) < 4.78 is 0. The first-order valence-electron chi connectivity index (χ1n) is 13.9. The highest BCUT2D eigenvalue weighted by molar-refractivity contribution is 6.06. The van der Waals surface area contributed by atoms with Gasteiger partial charge in [0, 0.05) is 63.2 Å². The zero-order chi connectivity index (χ0) is 27.7. The average molecular weight is 523 g/mol. The van der Waals surface area contributed by atoms with Crippen molar-refractivity contribution in [2.75, 3.05) is 47.2 Å². The molecule has 3 aromatic rings. The Hall–Kier alpha value is -4.06. The smallest absolute Gasteiger partial charge is 0.224 e. The molecule has 1 aliphatic heterocycles. The molecule has 0 bridgehead atoms. The number of carbonyl (C=O) groups is 2. The highest BCUT2D eigenvalue weighted by Gasteiger charge is 2.40. The van der Waals surface area contributed by atoms with Gasteiger partial charge in [-0.15, -0.1) is 0 Å². The van der Waals surface area contributed by atoms with E-state index in [1.807, 2.05) is 38.4 Å². The van der Waals surface area contributed by atoms with E-state index in [-0.39, 0.29) is 17.6 Å². The topological polar surface area (TPSA) is 55.9 Å². The molecular formula is C33H38N4O2. The summed E-state index contributed by atoms with van der Waals surface area (Å²) in [4.78, 5) is 33.5. The predicted molar refractivity (Wildman–Crippen MR) is 161 cm³/mol. The molecule has 1 amide bonds. The van der Waals surface area contributed by atoms with Crippen molar-refractivity contribution in [2.24, 2.45) is 0 Å². The molecule has 2 atom stereocenters. The first-order chi connectivity index (χ1) is 18.8. The summed E-state index contributed by atoms with van der Waals surface area (Å²) in [7, 11) is 4.05. The van der Waals surface area contributed by atoms with Crippen LogP contribution in [0.2, 0.25) is 0 Å². The third-order valence-corrected chi connectivity index (χ3v) is 8.05. The summed E-state index contributed by atoms with van der Waals surface area (Å²) >= 11 is 0. The van der Waals surface area contributed by atoms with Crippen LogP contribution in [0, 0.1) is 0 Å². The molecule has 0 saturated carbocycles. The third kappa shape index (κ3) is 5.03. The van der Waals surface area contributed by atoms with E-state index in [0.29, 0.717) is 18.4 Å². The van der Waals surface area contributed by atoms with Crippen LogP contribution < -0.4 is 20.0 Å². The second-order valence-electron chi connectivity index (χ2n) is 10.6. The fourth-order valence-corrected chi connectivity index (χ4v) is 5.99. The monoisotopic (exact) mass is 522 g/mol. The summed E-state index contributed by atoms with van der Waals surface area (Å²) in [6, 6.07) is 24.2. The predicted octanol–water partition coefficient (Wildman–Crippen LogP) is 6.52. The van der Waals surface area contributed by atoms with Crippen molar-refractivity contribution < 1.29 is 9.59 Å². The molecule has 3 aromatic carbocycles. The summed E-state index contributed by atoms with van der Waals surface area (Å²) in [5.41, 5.74) is 7.59. The van der Waals surface area contributed by atoms with Crippen molar-refractivity contribution in [1.29, 1.82) is 0 Å². The maximum atomic E-state index is 14.1. The van der Waals surface area contributed by atoms with Crippen LogP contribution in [0.4, 0.5) is 22.7 Å². The second-order valence-corrected chi connectivity index (χ2v) is 10.6. The van der Waals surface area contributed by atoms with Gasteiger partial charge < -0.3 is 15.1 Å². The van der Waals surface area contributed by atoms with Crippen molar-refractivity contribution in [3.63, 3.8) is 0 Å². The normalized spacial score (nSPS) is 18.6. The van der Waals surface area contributed by atoms with Crippen LogP contribution in [0.5, 0.6) is 0 Å². The number of ketones is 1. The van der Waals surface area contributed by atoms with E-state index in [1.54, 1.807) is 11.8 Å². The quantitative estimate of drug-likeness (QED) is 0.399. The Balaban J connectivity index is 1.62. The van der Waals surface area contributed by atoms with E-state index >= 15 is 0 Å². The first-order valence-corrected chi connectivity index (χ1v) is 13.9. The van der Waals surface area contributed by atoms with Gasteiger partial charge in [0.25, 0.3) is 0 Å². The summed E-state index contributed by atoms with van der Waals surface area (Å²) in [5, 5.41) is 3.60. The van der Waals surface area contributed by atoms with Crippen LogP contribution >= 0.6 is 0 Å². The Labute approximate surface area is 231 Å². The van der Waals surface area contributed by atoms with Gasteiger partial charge in [-0.3, -0.25) is 14.5 Å². The fraction of sp³-hybridized carbons (Fsp3) is 0.333. The Morgan fingerprint density at radius 1 is 0.872 bits per heavy atom. The number of nitrogens with one attached hydrogen (secondary N) is 1. The molecule has 2 unspecified atom stereocenters. The molecule has 39 heavy (non-hydrogen) atoms. The zero-order valence-electron chi connectivity index (χ0n) is 23.6. The van der Waals surface area contributed by atoms with Gasteiger partial charge in [-0.05, 0) is 73.7 Å². The van der Waals surface area contributed by atoms with Crippen LogP contribution in [0.15, 0.2) is 84.1 Å². The number of amides is 1. The Kier molecular flexibility index (Phi) is 7.47. The lowest BCUT2D eigenvalue weighted by molar-refractivity contribution is -0.117. The van der Waals surface area contributed by atoms with Gasteiger partial charge in [0.1, 0.15) is 0 Å². The number of benzene rings is 3. The largest absolute Gasteiger partial charge is 0.378 e. The number of allylic oxidation sites excluding steroid dienone is 1. The molecule has 1 heterocycles. The Morgan fingerprint density at radius 3 is 2.10 bits per heavy atom. The molecule has 6 nitrogen and oxygen atoms in total. The minimum atomic E-state index is -0.496. The van der Waals surface area contributed by atoms with Gasteiger partial charge in [-0.1, -0.05) is 36.4 Å². The molecule has 0 saturated heterocycles. The zero-order valence-corrected chi connectivity index (χ0v) is 23.6. The second kappa shape index (κ2) is 11.0. The van der Waals surface area contributed by atoms with E-state index in [0.717, 1.165) is 52.7 Å². The number of anilines is 4. The highest BCUT2D eigenvalue weighted by atomic mass is 16.2. The summed E-state index contributed by atoms with van der Waals surface area (Å²) in [6.07, 6.45) is 1.12. The third-order valence-electron chi connectivity index (χ3n) is 8.05. The highest BCUT2D eigenvalue weighted by Crippen LogP contribution is 2.47. The van der Waals surface area contributed by atoms with Crippen LogP contribution in [0.3, 0.4) is 0 Å². The number of rotatable bonds is 6. The summed E-state index contributed by atoms with van der Waals surface area (Å²) in [6.45, 7) is 7.71. The SMILES string of the molecule is CCN(CC)c1ccc(C2C3=C(CC(c4ccc(N(C)C)cc4)CC3=O)Nc3ccccc3N2C(C)=O)cc1. The molecule has 202 valence electrons. The lowest BCUT2D eigenvalue weighted by atomic mass is 9.78. The van der Waals surface area contributed by atoms with Gasteiger partial charge in [-0.25, -0.2) is 0 Å². The lowest BCUT2D eigenvalue weighted by Gasteiger charge is -2.35. The van der Waals surface area contributed by atoms with E-state index in [1.165, 1.54) is 0 Å². The number of carbonyl (C=O) groups excluding carboxylic acids is 2. The molecule has 0 fully saturated rings. The van der Waals surface area contributed by atoms with Crippen LogP contribution in [0.1, 0.15) is 56.7 Å². The van der Waals surface area contributed by atoms with E-state index in [4.69, 9.17) is 0 Å². The fourth-order valence-electron chi connectivity index (χ4n) is 5.99. The van der Waals surface area contributed by atoms with Crippen molar-refractivity contribution in [3.05, 3.63) is 95.2 Å². The van der Waals surface area contributed by atoms with Crippen molar-refractivity contribution in [1.82, 2.24) is 0 Å². The molecular weight excluding hydrogens is 484 g/mol. The number of hydrogen-bond acceptors (Lipinski definition) is 5. The molecule has 5 rings (SSSR count). The molecule has 0 spiro atoms. The summed E-state index contributed by atoms with van der Waals surface area (Å²) in [5.74, 6) is 0.0639. The van der Waals surface area contributed by atoms with Gasteiger partial charge in [0.2, 0.25) is 5.91 Å². The molecule has 1 aliphatic carbocycles. The number of para-hydroxylation sites is 2. The van der Waals surface area contributed by atoms with E-state index < -0.39 is 6.04 Å². The minimum absolute atomic E-state index is 0.0710. The molecule has 2 aliphatic rings. The van der Waals surface area contributed by atoms with E-state index in [9.17, 15) is 9.59 Å². The standard InChI is InChI=1S/C33H38N4O2/c1-6-36(7-2)27-18-14-24(15-19-27)33-32-29(34-28-10-8-9-11-30(28)37(33)22(3)38)20-25(21-31(32)39)23-12-16-26(17-13-23)35(4)5/h8-19,25,33-34H,6-7,20-21H2,1-5H3. The maximum Gasteiger partial charge on any atom is 0.224 e. The van der Waals surface area contributed by atoms with Gasteiger partial charge in [0.15, 0.2) is 5.78 Å².